The van der Waals surface area contributed by atoms with E-state index in [-0.39, 0.29) is 0 Å². The largest absolute Gasteiger partial charge is 0.330 e. The first-order valence-electron chi connectivity index (χ1n) is 5.64. The third kappa shape index (κ3) is 1.27. The van der Waals surface area contributed by atoms with Crippen molar-refractivity contribution in [3.05, 3.63) is 17.0 Å². The molecule has 2 aliphatic carbocycles. The van der Waals surface area contributed by atoms with Gasteiger partial charge in [-0.1, -0.05) is 0 Å². The van der Waals surface area contributed by atoms with Gasteiger partial charge in [-0.15, -0.1) is 0 Å². The molecule has 0 amide bonds. The molecule has 0 aliphatic heterocycles. The summed E-state index contributed by atoms with van der Waals surface area (Å²) in [5, 5.41) is 7.67. The van der Waals surface area contributed by atoms with Gasteiger partial charge in [-0.2, -0.15) is 5.10 Å². The zero-order chi connectivity index (χ0) is 9.54. The maximum Gasteiger partial charge on any atom is 0.0687 e. The number of rotatable bonds is 2. The smallest absolute Gasteiger partial charge is 0.0687 e. The average Bonchev–Trinajstić information content (AvgIpc) is 2.98. The van der Waals surface area contributed by atoms with Crippen LogP contribution in [-0.2, 0) is 12.8 Å². The average molecular weight is 191 g/mol. The number of hydrogen-bond acceptors (Lipinski definition) is 2. The van der Waals surface area contributed by atoms with Crippen LogP contribution in [0.2, 0.25) is 0 Å². The van der Waals surface area contributed by atoms with E-state index in [1.165, 1.54) is 42.6 Å². The predicted octanol–water partition coefficient (Wildman–Crippen LogP) is 1.35. The van der Waals surface area contributed by atoms with E-state index in [9.17, 15) is 0 Å². The number of H-pyrrole nitrogens is 1. The Bertz CT molecular complexity index is 338. The first-order chi connectivity index (χ1) is 6.88. The highest BCUT2D eigenvalue weighted by Gasteiger charge is 2.32. The molecule has 1 heterocycles. The van der Waals surface area contributed by atoms with Crippen molar-refractivity contribution < 1.29 is 0 Å². The summed E-state index contributed by atoms with van der Waals surface area (Å²) in [4.78, 5) is 0. The van der Waals surface area contributed by atoms with Gasteiger partial charge in [0.1, 0.15) is 0 Å². The first-order valence-corrected chi connectivity index (χ1v) is 5.64. The zero-order valence-electron chi connectivity index (χ0n) is 8.42. The lowest BCUT2D eigenvalue weighted by Gasteiger charge is -2.20. The van der Waals surface area contributed by atoms with Crippen LogP contribution in [0.3, 0.4) is 0 Å². The molecule has 0 bridgehead atoms. The van der Waals surface area contributed by atoms with E-state index >= 15 is 0 Å². The molecule has 76 valence electrons. The number of fused-ring (bicyclic) bond motifs is 1. The van der Waals surface area contributed by atoms with Crippen LogP contribution in [0, 0.1) is 5.92 Å². The Morgan fingerprint density at radius 3 is 2.93 bits per heavy atom. The molecule has 3 nitrogen and oxygen atoms in total. The van der Waals surface area contributed by atoms with Crippen LogP contribution < -0.4 is 5.73 Å². The minimum absolute atomic E-state index is 0.676. The summed E-state index contributed by atoms with van der Waals surface area (Å²) < 4.78 is 0. The molecule has 0 saturated heterocycles. The van der Waals surface area contributed by atoms with Crippen molar-refractivity contribution >= 4 is 0 Å². The van der Waals surface area contributed by atoms with Gasteiger partial charge >= 0.3 is 0 Å². The SMILES string of the molecule is NCC1CCc2c(C3CC3)n[nH]c2C1. The highest BCUT2D eigenvalue weighted by molar-refractivity contribution is 5.32. The molecular weight excluding hydrogens is 174 g/mol. The zero-order valence-corrected chi connectivity index (χ0v) is 8.42. The van der Waals surface area contributed by atoms with E-state index in [4.69, 9.17) is 5.73 Å². The highest BCUT2D eigenvalue weighted by atomic mass is 15.1. The molecule has 2 aliphatic rings. The normalized spacial score (nSPS) is 26.2. The van der Waals surface area contributed by atoms with Crippen LogP contribution in [0.5, 0.6) is 0 Å². The Balaban J connectivity index is 1.88. The number of nitrogens with zero attached hydrogens (tertiary/aromatic N) is 1. The third-order valence-corrected chi connectivity index (χ3v) is 3.58. The Morgan fingerprint density at radius 1 is 1.36 bits per heavy atom. The Morgan fingerprint density at radius 2 is 2.21 bits per heavy atom. The Hall–Kier alpha value is -0.830. The standard InChI is InChI=1S/C11H17N3/c12-6-7-1-4-9-10(5-7)13-14-11(9)8-2-3-8/h7-8H,1-6,12H2,(H,13,14). The molecule has 1 atom stereocenters. The van der Waals surface area contributed by atoms with Gasteiger partial charge in [0.2, 0.25) is 0 Å². The molecular formula is C11H17N3. The second kappa shape index (κ2) is 3.09. The van der Waals surface area contributed by atoms with Gasteiger partial charge in [0.05, 0.1) is 5.69 Å². The summed E-state index contributed by atoms with van der Waals surface area (Å²) in [5.74, 6) is 1.46. The van der Waals surface area contributed by atoms with E-state index in [1.54, 1.807) is 0 Å². The number of hydrogen-bond donors (Lipinski definition) is 2. The number of aromatic amines is 1. The second-order valence-corrected chi connectivity index (χ2v) is 4.68. The fourth-order valence-electron chi connectivity index (χ4n) is 2.50. The van der Waals surface area contributed by atoms with Gasteiger partial charge in [-0.05, 0) is 50.1 Å². The Labute approximate surface area is 84.1 Å². The lowest BCUT2D eigenvalue weighted by Crippen LogP contribution is -2.22. The molecule has 14 heavy (non-hydrogen) atoms. The molecule has 0 radical (unpaired) electrons. The molecule has 1 aromatic heterocycles. The van der Waals surface area contributed by atoms with Gasteiger partial charge in [-0.25, -0.2) is 0 Å². The summed E-state index contributed by atoms with van der Waals surface area (Å²) >= 11 is 0. The quantitative estimate of drug-likeness (QED) is 0.741. The van der Waals surface area contributed by atoms with Crippen LogP contribution >= 0.6 is 0 Å². The molecule has 3 rings (SSSR count). The minimum Gasteiger partial charge on any atom is -0.330 e. The number of aromatic nitrogens is 2. The van der Waals surface area contributed by atoms with E-state index in [1.807, 2.05) is 0 Å². The number of nitrogens with two attached hydrogens (primary N) is 1. The van der Waals surface area contributed by atoms with E-state index in [2.05, 4.69) is 10.2 Å². The van der Waals surface area contributed by atoms with E-state index in [0.29, 0.717) is 5.92 Å². The highest BCUT2D eigenvalue weighted by Crippen LogP contribution is 2.42. The number of nitrogens with one attached hydrogen (secondary N) is 1. The maximum atomic E-state index is 5.71. The summed E-state index contributed by atoms with van der Waals surface area (Å²) in [6.45, 7) is 0.817. The Kier molecular flexibility index (Phi) is 1.87. The topological polar surface area (TPSA) is 54.7 Å². The molecule has 0 spiro atoms. The van der Waals surface area contributed by atoms with Crippen LogP contribution in [-0.4, -0.2) is 16.7 Å². The van der Waals surface area contributed by atoms with Crippen LogP contribution in [0.4, 0.5) is 0 Å². The lowest BCUT2D eigenvalue weighted by molar-refractivity contribution is 0.463. The van der Waals surface area contributed by atoms with Crippen molar-refractivity contribution in [2.75, 3.05) is 6.54 Å². The van der Waals surface area contributed by atoms with Crippen LogP contribution in [0.25, 0.3) is 0 Å². The molecule has 1 aromatic rings. The molecule has 1 fully saturated rings. The fourth-order valence-corrected chi connectivity index (χ4v) is 2.50. The van der Waals surface area contributed by atoms with Crippen molar-refractivity contribution in [2.45, 2.75) is 38.0 Å². The van der Waals surface area contributed by atoms with E-state index < -0.39 is 0 Å². The van der Waals surface area contributed by atoms with Crippen LogP contribution in [0.1, 0.15) is 42.1 Å². The summed E-state index contributed by atoms with van der Waals surface area (Å²) in [6, 6.07) is 0. The monoisotopic (exact) mass is 191 g/mol. The van der Waals surface area contributed by atoms with E-state index in [0.717, 1.165) is 18.9 Å². The van der Waals surface area contributed by atoms with Gasteiger partial charge in [0.25, 0.3) is 0 Å². The van der Waals surface area contributed by atoms with Crippen molar-refractivity contribution in [3.8, 4) is 0 Å². The van der Waals surface area contributed by atoms with Gasteiger partial charge in [-0.3, -0.25) is 5.10 Å². The molecule has 0 aromatic carbocycles. The van der Waals surface area contributed by atoms with Crippen molar-refractivity contribution in [2.24, 2.45) is 11.7 Å². The maximum absolute atomic E-state index is 5.71. The molecule has 1 unspecified atom stereocenters. The van der Waals surface area contributed by atoms with Crippen LogP contribution in [0.15, 0.2) is 0 Å². The first kappa shape index (κ1) is 8.48. The van der Waals surface area contributed by atoms with Crippen molar-refractivity contribution in [1.82, 2.24) is 10.2 Å². The summed E-state index contributed by atoms with van der Waals surface area (Å²) in [5.41, 5.74) is 9.97. The lowest BCUT2D eigenvalue weighted by atomic mass is 9.86. The predicted molar refractivity (Wildman–Crippen MR) is 55.1 cm³/mol. The second-order valence-electron chi connectivity index (χ2n) is 4.68. The third-order valence-electron chi connectivity index (χ3n) is 3.58. The fraction of sp³-hybridized carbons (Fsp3) is 0.727. The summed E-state index contributed by atoms with van der Waals surface area (Å²) in [6.07, 6.45) is 6.25. The molecule has 1 saturated carbocycles. The molecule has 3 N–H and O–H groups in total. The van der Waals surface area contributed by atoms with Gasteiger partial charge in [0.15, 0.2) is 0 Å². The van der Waals surface area contributed by atoms with Crippen molar-refractivity contribution in [3.63, 3.8) is 0 Å². The minimum atomic E-state index is 0.676. The molecule has 3 heteroatoms. The summed E-state index contributed by atoms with van der Waals surface area (Å²) in [7, 11) is 0. The van der Waals surface area contributed by atoms with Gasteiger partial charge < -0.3 is 5.73 Å². The van der Waals surface area contributed by atoms with Crippen molar-refractivity contribution in [1.29, 1.82) is 0 Å². The van der Waals surface area contributed by atoms with Gasteiger partial charge in [0, 0.05) is 11.6 Å².